The number of hydrogen-bond acceptors (Lipinski definition) is 6. The summed E-state index contributed by atoms with van der Waals surface area (Å²) in [5.41, 5.74) is -0.591. The molecule has 0 aliphatic carbocycles. The Bertz CT molecular complexity index is 646. The third-order valence-electron chi connectivity index (χ3n) is 2.68. The summed E-state index contributed by atoms with van der Waals surface area (Å²) < 4.78 is 15.7. The van der Waals surface area contributed by atoms with Crippen LogP contribution in [0.5, 0.6) is 17.2 Å². The molecule has 0 saturated carbocycles. The molecular formula is C14H16O6. The summed E-state index contributed by atoms with van der Waals surface area (Å²) in [6, 6.07) is 4.91. The Morgan fingerprint density at radius 1 is 1.30 bits per heavy atom. The minimum Gasteiger partial charge on any atom is -0.504 e. The van der Waals surface area contributed by atoms with Crippen molar-refractivity contribution in [1.82, 2.24) is 0 Å². The van der Waals surface area contributed by atoms with Crippen LogP contribution in [0.25, 0.3) is 11.0 Å². The van der Waals surface area contributed by atoms with Gasteiger partial charge < -0.3 is 24.1 Å². The summed E-state index contributed by atoms with van der Waals surface area (Å²) in [7, 11) is 0. The number of aliphatic hydroxyl groups is 1. The van der Waals surface area contributed by atoms with Crippen LogP contribution < -0.4 is 15.1 Å². The zero-order chi connectivity index (χ0) is 14.5. The van der Waals surface area contributed by atoms with E-state index in [0.29, 0.717) is 17.6 Å². The maximum atomic E-state index is 11.8. The first-order valence-electron chi connectivity index (χ1n) is 6.34. The number of rotatable bonds is 6. The van der Waals surface area contributed by atoms with Crippen molar-refractivity contribution >= 4 is 11.0 Å². The Morgan fingerprint density at radius 3 is 2.80 bits per heavy atom. The molecule has 1 aromatic carbocycles. The zero-order valence-electron chi connectivity index (χ0n) is 11.1. The summed E-state index contributed by atoms with van der Waals surface area (Å²) in [6.07, 6.45) is 0.462. The van der Waals surface area contributed by atoms with Gasteiger partial charge in [0.05, 0.1) is 18.6 Å². The molecule has 0 aliphatic rings. The van der Waals surface area contributed by atoms with Gasteiger partial charge in [0.1, 0.15) is 0 Å². The molecule has 0 atom stereocenters. The first kappa shape index (κ1) is 14.2. The fourth-order valence-corrected chi connectivity index (χ4v) is 1.80. The molecule has 0 radical (unpaired) electrons. The Morgan fingerprint density at radius 2 is 2.10 bits per heavy atom. The van der Waals surface area contributed by atoms with Gasteiger partial charge in [-0.1, -0.05) is 6.07 Å². The second kappa shape index (κ2) is 6.29. The van der Waals surface area contributed by atoms with Crippen molar-refractivity contribution in [3.05, 3.63) is 28.6 Å². The van der Waals surface area contributed by atoms with Crippen molar-refractivity contribution in [2.24, 2.45) is 0 Å². The molecule has 0 bridgehead atoms. The molecule has 6 heteroatoms. The normalized spacial score (nSPS) is 10.7. The van der Waals surface area contributed by atoms with Gasteiger partial charge in [-0.05, 0) is 19.1 Å². The molecule has 2 N–H and O–H groups in total. The summed E-state index contributed by atoms with van der Waals surface area (Å²) in [5.74, 6) is -0.121. The summed E-state index contributed by atoms with van der Waals surface area (Å²) >= 11 is 0. The molecule has 20 heavy (non-hydrogen) atoms. The summed E-state index contributed by atoms with van der Waals surface area (Å²) in [4.78, 5) is 11.8. The van der Waals surface area contributed by atoms with E-state index in [-0.39, 0.29) is 36.9 Å². The molecule has 0 spiro atoms. The number of aliphatic hydroxyl groups excluding tert-OH is 1. The molecule has 0 aliphatic heterocycles. The van der Waals surface area contributed by atoms with Crippen molar-refractivity contribution < 1.29 is 24.1 Å². The fraction of sp³-hybridized carbons (Fsp3) is 0.357. The minimum atomic E-state index is -0.755. The van der Waals surface area contributed by atoms with Crippen LogP contribution in [0.2, 0.25) is 0 Å². The van der Waals surface area contributed by atoms with Gasteiger partial charge in [-0.25, -0.2) is 4.79 Å². The van der Waals surface area contributed by atoms with Gasteiger partial charge >= 0.3 is 5.63 Å². The molecule has 0 unspecified atom stereocenters. The molecule has 0 fully saturated rings. The molecule has 108 valence electrons. The van der Waals surface area contributed by atoms with E-state index in [1.54, 1.807) is 25.1 Å². The first-order valence-corrected chi connectivity index (χ1v) is 6.34. The Balaban J connectivity index is 2.50. The quantitative estimate of drug-likeness (QED) is 0.618. The molecule has 0 amide bonds. The molecule has 1 heterocycles. The SMILES string of the molecule is CCOc1c(O)c2cccc(OCCCO)c2oc1=O. The predicted octanol–water partition coefficient (Wildman–Crippen LogP) is 1.66. The van der Waals surface area contributed by atoms with Gasteiger partial charge in [0.2, 0.25) is 5.75 Å². The molecule has 0 saturated heterocycles. The number of benzene rings is 1. The maximum Gasteiger partial charge on any atom is 0.383 e. The fourth-order valence-electron chi connectivity index (χ4n) is 1.80. The summed E-state index contributed by atoms with van der Waals surface area (Å²) in [5, 5.41) is 19.2. The second-order valence-corrected chi connectivity index (χ2v) is 4.06. The Hall–Kier alpha value is -2.21. The highest BCUT2D eigenvalue weighted by Crippen LogP contribution is 2.35. The predicted molar refractivity (Wildman–Crippen MR) is 72.5 cm³/mol. The van der Waals surface area contributed by atoms with E-state index in [4.69, 9.17) is 19.0 Å². The highest BCUT2D eigenvalue weighted by atomic mass is 16.5. The Labute approximate surface area is 115 Å². The van der Waals surface area contributed by atoms with E-state index in [9.17, 15) is 9.90 Å². The van der Waals surface area contributed by atoms with Crippen LogP contribution >= 0.6 is 0 Å². The lowest BCUT2D eigenvalue weighted by molar-refractivity contribution is 0.233. The van der Waals surface area contributed by atoms with Crippen molar-refractivity contribution in [2.45, 2.75) is 13.3 Å². The average molecular weight is 280 g/mol. The van der Waals surface area contributed by atoms with Gasteiger partial charge in [-0.3, -0.25) is 0 Å². The Kier molecular flexibility index (Phi) is 4.47. The van der Waals surface area contributed by atoms with Crippen molar-refractivity contribution in [1.29, 1.82) is 0 Å². The van der Waals surface area contributed by atoms with Crippen LogP contribution in [0.4, 0.5) is 0 Å². The van der Waals surface area contributed by atoms with Gasteiger partial charge in [-0.2, -0.15) is 0 Å². The first-order chi connectivity index (χ1) is 9.69. The third-order valence-corrected chi connectivity index (χ3v) is 2.68. The highest BCUT2D eigenvalue weighted by molar-refractivity contribution is 5.89. The number of aromatic hydroxyl groups is 1. The largest absolute Gasteiger partial charge is 0.504 e. The van der Waals surface area contributed by atoms with Gasteiger partial charge in [0, 0.05) is 13.0 Å². The topological polar surface area (TPSA) is 89.1 Å². The number of para-hydroxylation sites is 1. The van der Waals surface area contributed by atoms with E-state index in [0.717, 1.165) is 0 Å². The molecule has 2 aromatic rings. The second-order valence-electron chi connectivity index (χ2n) is 4.06. The molecular weight excluding hydrogens is 264 g/mol. The lowest BCUT2D eigenvalue weighted by Crippen LogP contribution is -2.07. The van der Waals surface area contributed by atoms with Crippen LogP contribution in [-0.2, 0) is 0 Å². The van der Waals surface area contributed by atoms with Crippen molar-refractivity contribution in [3.63, 3.8) is 0 Å². The van der Waals surface area contributed by atoms with Crippen LogP contribution in [0, 0.1) is 0 Å². The lowest BCUT2D eigenvalue weighted by Gasteiger charge is -2.10. The molecule has 6 nitrogen and oxygen atoms in total. The number of ether oxygens (including phenoxy) is 2. The third kappa shape index (κ3) is 2.70. The zero-order valence-corrected chi connectivity index (χ0v) is 11.1. The van der Waals surface area contributed by atoms with Crippen LogP contribution in [-0.4, -0.2) is 30.0 Å². The van der Waals surface area contributed by atoms with Crippen LogP contribution in [0.15, 0.2) is 27.4 Å². The molecule has 2 rings (SSSR count). The number of fused-ring (bicyclic) bond motifs is 1. The smallest absolute Gasteiger partial charge is 0.383 e. The summed E-state index contributed by atoms with van der Waals surface area (Å²) in [6.45, 7) is 2.25. The van der Waals surface area contributed by atoms with Gasteiger partial charge in [-0.15, -0.1) is 0 Å². The van der Waals surface area contributed by atoms with E-state index >= 15 is 0 Å². The van der Waals surface area contributed by atoms with Crippen molar-refractivity contribution in [2.75, 3.05) is 19.8 Å². The van der Waals surface area contributed by atoms with Crippen LogP contribution in [0.1, 0.15) is 13.3 Å². The van der Waals surface area contributed by atoms with E-state index in [2.05, 4.69) is 0 Å². The monoisotopic (exact) mass is 280 g/mol. The molecule has 1 aromatic heterocycles. The van der Waals surface area contributed by atoms with Crippen molar-refractivity contribution in [3.8, 4) is 17.2 Å². The van der Waals surface area contributed by atoms with E-state index < -0.39 is 5.63 Å². The standard InChI is InChI=1S/C14H16O6/c1-2-18-13-11(16)9-5-3-6-10(19-8-4-7-15)12(9)20-14(13)17/h3,5-6,15-16H,2,4,7-8H2,1H3. The van der Waals surface area contributed by atoms with Gasteiger partial charge in [0.25, 0.3) is 0 Å². The minimum absolute atomic E-state index is 0.00839. The van der Waals surface area contributed by atoms with Gasteiger partial charge in [0.15, 0.2) is 17.1 Å². The highest BCUT2D eigenvalue weighted by Gasteiger charge is 2.17. The number of hydrogen-bond donors (Lipinski definition) is 2. The maximum absolute atomic E-state index is 11.8. The van der Waals surface area contributed by atoms with E-state index in [1.165, 1.54) is 0 Å². The average Bonchev–Trinajstić information content (AvgIpc) is 2.44. The lowest BCUT2D eigenvalue weighted by atomic mass is 10.2. The van der Waals surface area contributed by atoms with E-state index in [1.807, 2.05) is 0 Å². The van der Waals surface area contributed by atoms with Crippen LogP contribution in [0.3, 0.4) is 0 Å².